The van der Waals surface area contributed by atoms with E-state index < -0.39 is 11.9 Å². The Labute approximate surface area is 203 Å². The fourth-order valence-corrected chi connectivity index (χ4v) is 4.85. The van der Waals surface area contributed by atoms with E-state index in [4.69, 9.17) is 4.74 Å². The van der Waals surface area contributed by atoms with Gasteiger partial charge in [0.25, 0.3) is 0 Å². The van der Waals surface area contributed by atoms with Crippen LogP contribution in [0.4, 0.5) is 0 Å². The van der Waals surface area contributed by atoms with Gasteiger partial charge in [0.2, 0.25) is 0 Å². The Bertz CT molecular complexity index is 528. The number of unbranched alkanes of at least 4 members (excludes halogenated alkanes) is 13. The van der Waals surface area contributed by atoms with Crippen molar-refractivity contribution in [2.45, 2.75) is 148 Å². The van der Waals surface area contributed by atoms with Gasteiger partial charge in [-0.25, -0.2) is 0 Å². The van der Waals surface area contributed by atoms with Gasteiger partial charge in [-0.1, -0.05) is 109 Å². The van der Waals surface area contributed by atoms with Crippen molar-refractivity contribution in [3.05, 3.63) is 12.2 Å². The predicted molar refractivity (Wildman–Crippen MR) is 137 cm³/mol. The van der Waals surface area contributed by atoms with Gasteiger partial charge in [0.15, 0.2) is 0 Å². The third-order valence-electron chi connectivity index (χ3n) is 7.01. The zero-order valence-corrected chi connectivity index (χ0v) is 21.7. The number of rotatable bonds is 20. The molecule has 0 aliphatic heterocycles. The van der Waals surface area contributed by atoms with Crippen molar-refractivity contribution in [2.75, 3.05) is 0 Å². The average molecular weight is 465 g/mol. The number of carbonyl (C=O) groups excluding carboxylic acids is 1. The van der Waals surface area contributed by atoms with Gasteiger partial charge in [0.05, 0.1) is 12.3 Å². The van der Waals surface area contributed by atoms with E-state index >= 15 is 0 Å². The number of esters is 1. The van der Waals surface area contributed by atoms with Crippen LogP contribution in [0, 0.1) is 11.8 Å². The van der Waals surface area contributed by atoms with E-state index in [1.165, 1.54) is 83.5 Å². The van der Waals surface area contributed by atoms with Crippen LogP contribution >= 0.6 is 0 Å². The molecule has 192 valence electrons. The second-order valence-corrected chi connectivity index (χ2v) is 10.4. The second-order valence-electron chi connectivity index (χ2n) is 10.4. The number of ether oxygens (including phenoxy) is 1. The Balaban J connectivity index is 2.01. The summed E-state index contributed by atoms with van der Waals surface area (Å²) in [5, 5.41) is 9.45. The maximum atomic E-state index is 12.2. The van der Waals surface area contributed by atoms with Crippen molar-refractivity contribution in [3.8, 4) is 0 Å². The Morgan fingerprint density at radius 3 is 2.00 bits per heavy atom. The first-order valence-corrected chi connectivity index (χ1v) is 14.1. The molecule has 1 aliphatic carbocycles. The van der Waals surface area contributed by atoms with Crippen LogP contribution < -0.4 is 0 Å². The zero-order chi connectivity index (χ0) is 24.2. The SMILES string of the molecule is CCCCCCCCCCCCCCCC=CCC(CC(=O)OC1CCCC(C)C1)C(=O)O. The van der Waals surface area contributed by atoms with Crippen LogP contribution in [0.1, 0.15) is 142 Å². The minimum atomic E-state index is -0.908. The molecule has 0 bridgehead atoms. The van der Waals surface area contributed by atoms with E-state index in [2.05, 4.69) is 19.9 Å². The summed E-state index contributed by atoms with van der Waals surface area (Å²) in [7, 11) is 0. The third kappa shape index (κ3) is 16.9. The zero-order valence-electron chi connectivity index (χ0n) is 21.7. The van der Waals surface area contributed by atoms with Crippen molar-refractivity contribution in [3.63, 3.8) is 0 Å². The molecule has 1 N–H and O–H groups in total. The predicted octanol–water partition coefficient (Wildman–Crippen LogP) is 8.63. The topological polar surface area (TPSA) is 63.6 Å². The van der Waals surface area contributed by atoms with Crippen LogP contribution in [0.3, 0.4) is 0 Å². The molecular formula is C29H52O4. The number of carboxylic acids is 1. The van der Waals surface area contributed by atoms with E-state index in [1.807, 2.05) is 6.08 Å². The highest BCUT2D eigenvalue weighted by Crippen LogP contribution is 2.26. The molecule has 3 atom stereocenters. The van der Waals surface area contributed by atoms with E-state index in [1.54, 1.807) is 0 Å². The second kappa shape index (κ2) is 20.1. The Hall–Kier alpha value is -1.32. The molecule has 0 saturated heterocycles. The summed E-state index contributed by atoms with van der Waals surface area (Å²) in [6, 6.07) is 0. The minimum Gasteiger partial charge on any atom is -0.481 e. The fourth-order valence-electron chi connectivity index (χ4n) is 4.85. The summed E-state index contributed by atoms with van der Waals surface area (Å²) >= 11 is 0. The fraction of sp³-hybridized carbons (Fsp3) is 0.862. The highest BCUT2D eigenvalue weighted by Gasteiger charge is 2.25. The van der Waals surface area contributed by atoms with E-state index in [0.29, 0.717) is 12.3 Å². The molecule has 1 fully saturated rings. The number of allylic oxidation sites excluding steroid dienone is 2. The number of carbonyl (C=O) groups is 2. The third-order valence-corrected chi connectivity index (χ3v) is 7.01. The molecule has 0 heterocycles. The first kappa shape index (κ1) is 29.7. The first-order valence-electron chi connectivity index (χ1n) is 14.1. The first-order chi connectivity index (χ1) is 16.0. The largest absolute Gasteiger partial charge is 0.481 e. The van der Waals surface area contributed by atoms with Gasteiger partial charge in [-0.15, -0.1) is 0 Å². The molecule has 1 saturated carbocycles. The Morgan fingerprint density at radius 1 is 0.879 bits per heavy atom. The van der Waals surface area contributed by atoms with Gasteiger partial charge in [-0.05, 0) is 44.4 Å². The highest BCUT2D eigenvalue weighted by atomic mass is 16.5. The lowest BCUT2D eigenvalue weighted by molar-refractivity contribution is -0.156. The minimum absolute atomic E-state index is 0.0245. The maximum Gasteiger partial charge on any atom is 0.307 e. The Morgan fingerprint density at radius 2 is 1.45 bits per heavy atom. The quantitative estimate of drug-likeness (QED) is 0.111. The van der Waals surface area contributed by atoms with Crippen LogP contribution in [0.25, 0.3) is 0 Å². The van der Waals surface area contributed by atoms with Gasteiger partial charge in [-0.2, -0.15) is 0 Å². The summed E-state index contributed by atoms with van der Waals surface area (Å²) in [6.45, 7) is 4.45. The van der Waals surface area contributed by atoms with Crippen LogP contribution in [0.5, 0.6) is 0 Å². The molecule has 1 rings (SSSR count). The van der Waals surface area contributed by atoms with Gasteiger partial charge < -0.3 is 9.84 Å². The van der Waals surface area contributed by atoms with Crippen LogP contribution in [-0.2, 0) is 14.3 Å². The summed E-state index contributed by atoms with van der Waals surface area (Å²) in [4.78, 5) is 23.7. The Kier molecular flexibility index (Phi) is 18.1. The van der Waals surface area contributed by atoms with Crippen molar-refractivity contribution >= 4 is 11.9 Å². The lowest BCUT2D eigenvalue weighted by atomic mass is 9.88. The van der Waals surface area contributed by atoms with Crippen molar-refractivity contribution < 1.29 is 19.4 Å². The normalized spacial score (nSPS) is 19.6. The average Bonchev–Trinajstić information content (AvgIpc) is 2.77. The summed E-state index contributed by atoms with van der Waals surface area (Å²) < 4.78 is 5.55. The molecule has 0 aromatic heterocycles. The van der Waals surface area contributed by atoms with E-state index in [-0.39, 0.29) is 18.5 Å². The van der Waals surface area contributed by atoms with Gasteiger partial charge in [0.1, 0.15) is 6.10 Å². The number of hydrogen-bond acceptors (Lipinski definition) is 3. The lowest BCUT2D eigenvalue weighted by Gasteiger charge is -2.26. The van der Waals surface area contributed by atoms with Gasteiger partial charge >= 0.3 is 11.9 Å². The number of aliphatic carboxylic acids is 1. The van der Waals surface area contributed by atoms with Crippen LogP contribution in [0.2, 0.25) is 0 Å². The molecular weight excluding hydrogens is 412 g/mol. The number of carboxylic acid groups (broad SMARTS) is 1. The molecule has 0 spiro atoms. The molecule has 33 heavy (non-hydrogen) atoms. The van der Waals surface area contributed by atoms with E-state index in [0.717, 1.165) is 32.1 Å². The van der Waals surface area contributed by atoms with Gasteiger partial charge in [0, 0.05) is 0 Å². The van der Waals surface area contributed by atoms with Crippen LogP contribution in [-0.4, -0.2) is 23.1 Å². The summed E-state index contributed by atoms with van der Waals surface area (Å²) in [5.74, 6) is -1.36. The number of hydrogen-bond donors (Lipinski definition) is 1. The smallest absolute Gasteiger partial charge is 0.307 e. The summed E-state index contributed by atoms with van der Waals surface area (Å²) in [5.41, 5.74) is 0. The molecule has 4 heteroatoms. The van der Waals surface area contributed by atoms with Crippen molar-refractivity contribution in [2.24, 2.45) is 11.8 Å². The van der Waals surface area contributed by atoms with Crippen molar-refractivity contribution in [1.82, 2.24) is 0 Å². The maximum absolute atomic E-state index is 12.2. The highest BCUT2D eigenvalue weighted by molar-refractivity contribution is 5.79. The molecule has 4 nitrogen and oxygen atoms in total. The summed E-state index contributed by atoms with van der Waals surface area (Å²) in [6.07, 6.45) is 27.0. The molecule has 0 aromatic rings. The monoisotopic (exact) mass is 464 g/mol. The molecule has 1 aliphatic rings. The van der Waals surface area contributed by atoms with E-state index in [9.17, 15) is 14.7 Å². The van der Waals surface area contributed by atoms with Gasteiger partial charge in [-0.3, -0.25) is 9.59 Å². The molecule has 3 unspecified atom stereocenters. The standard InChI is InChI=1S/C29H52O4/c1-3-4-5-6-7-8-9-10-11-12-13-14-15-16-17-18-21-26(29(31)32)24-28(30)33-27-22-19-20-25(2)23-27/h17-18,25-27H,3-16,19-24H2,1-2H3,(H,31,32). The molecule has 0 amide bonds. The van der Waals surface area contributed by atoms with Crippen LogP contribution in [0.15, 0.2) is 12.2 Å². The molecule has 0 radical (unpaired) electrons. The lowest BCUT2D eigenvalue weighted by Crippen LogP contribution is -2.27. The van der Waals surface area contributed by atoms with Crippen molar-refractivity contribution in [1.29, 1.82) is 0 Å². The molecule has 0 aromatic carbocycles.